The smallest absolute Gasteiger partial charge is 0.253 e. The van der Waals surface area contributed by atoms with Crippen LogP contribution < -0.4 is 20.1 Å². The van der Waals surface area contributed by atoms with Crippen LogP contribution in [0.4, 0.5) is 5.69 Å². The second-order valence-electron chi connectivity index (χ2n) is 7.82. The van der Waals surface area contributed by atoms with E-state index in [1.54, 1.807) is 0 Å². The first kappa shape index (κ1) is 23.9. The van der Waals surface area contributed by atoms with E-state index < -0.39 is 0 Å². The third kappa shape index (κ3) is 6.36. The number of hydrogen-bond donors (Lipinski definition) is 2. The van der Waals surface area contributed by atoms with E-state index in [-0.39, 0.29) is 11.9 Å². The molecule has 1 aliphatic rings. The normalized spacial score (nSPS) is 14.4. The number of nitrogens with one attached hydrogen (secondary N) is 2. The van der Waals surface area contributed by atoms with Gasteiger partial charge >= 0.3 is 0 Å². The average Bonchev–Trinajstić information content (AvgIpc) is 2.81. The van der Waals surface area contributed by atoms with E-state index in [1.807, 2.05) is 68.1 Å². The first-order valence-electron chi connectivity index (χ1n) is 11.4. The van der Waals surface area contributed by atoms with E-state index >= 15 is 0 Å². The number of carbonyl (C=O) groups is 1. The van der Waals surface area contributed by atoms with Crippen LogP contribution in [0.15, 0.2) is 42.5 Å². The molecule has 2 N–H and O–H groups in total. The fraction of sp³-hybridized carbons (Fsp3) is 0.440. The lowest BCUT2D eigenvalue weighted by Crippen LogP contribution is -2.35. The van der Waals surface area contributed by atoms with Crippen molar-refractivity contribution in [2.75, 3.05) is 31.6 Å². The van der Waals surface area contributed by atoms with Gasteiger partial charge in [-0.05, 0) is 94.2 Å². The van der Waals surface area contributed by atoms with E-state index in [0.29, 0.717) is 23.9 Å². The van der Waals surface area contributed by atoms with Gasteiger partial charge in [-0.2, -0.15) is 0 Å². The maximum Gasteiger partial charge on any atom is 0.253 e. The van der Waals surface area contributed by atoms with Crippen molar-refractivity contribution in [2.45, 2.75) is 46.1 Å². The molecule has 2 aromatic rings. The van der Waals surface area contributed by atoms with Crippen LogP contribution in [0.25, 0.3) is 0 Å². The molecule has 1 heterocycles. The molecule has 1 unspecified atom stereocenters. The number of carbonyl (C=O) groups excluding carboxylic acids is 1. The first-order valence-corrected chi connectivity index (χ1v) is 11.8. The van der Waals surface area contributed by atoms with Gasteiger partial charge in [-0.1, -0.05) is 6.07 Å². The number of anilines is 1. The molecule has 0 radical (unpaired) electrons. The van der Waals surface area contributed by atoms with Gasteiger partial charge in [0, 0.05) is 24.3 Å². The zero-order valence-electron chi connectivity index (χ0n) is 19.1. The zero-order valence-corrected chi connectivity index (χ0v) is 20.0. The summed E-state index contributed by atoms with van der Waals surface area (Å²) in [5, 5.41) is 7.02. The Hall–Kier alpha value is -2.80. The van der Waals surface area contributed by atoms with Crippen LogP contribution in [0.3, 0.4) is 0 Å². The summed E-state index contributed by atoms with van der Waals surface area (Å²) in [6.07, 6.45) is 3.38. The largest absolute Gasteiger partial charge is 0.490 e. The summed E-state index contributed by atoms with van der Waals surface area (Å²) in [6, 6.07) is 13.4. The van der Waals surface area contributed by atoms with Gasteiger partial charge in [0.2, 0.25) is 0 Å². The maximum absolute atomic E-state index is 12.6. The van der Waals surface area contributed by atoms with Crippen molar-refractivity contribution in [3.8, 4) is 11.5 Å². The van der Waals surface area contributed by atoms with Crippen molar-refractivity contribution in [3.63, 3.8) is 0 Å². The fourth-order valence-electron chi connectivity index (χ4n) is 3.76. The second kappa shape index (κ2) is 11.7. The van der Waals surface area contributed by atoms with Crippen LogP contribution in [0.2, 0.25) is 0 Å². The van der Waals surface area contributed by atoms with Crippen molar-refractivity contribution in [2.24, 2.45) is 0 Å². The minimum Gasteiger partial charge on any atom is -0.490 e. The van der Waals surface area contributed by atoms with Gasteiger partial charge in [0.15, 0.2) is 16.6 Å². The molecule has 0 aromatic heterocycles. The zero-order chi connectivity index (χ0) is 22.9. The van der Waals surface area contributed by atoms with Crippen molar-refractivity contribution >= 4 is 28.9 Å². The number of rotatable bonds is 8. The van der Waals surface area contributed by atoms with Crippen molar-refractivity contribution in [1.29, 1.82) is 0 Å². The number of ether oxygens (including phenoxy) is 2. The molecule has 0 aliphatic carbocycles. The number of nitrogens with zero attached hydrogens (tertiary/aromatic N) is 1. The van der Waals surface area contributed by atoms with Gasteiger partial charge in [-0.25, -0.2) is 0 Å². The lowest BCUT2D eigenvalue weighted by atomic mass is 10.1. The molecular weight excluding hydrogens is 422 g/mol. The Bertz CT molecular complexity index is 911. The number of amides is 1. The van der Waals surface area contributed by atoms with E-state index in [9.17, 15) is 4.79 Å². The van der Waals surface area contributed by atoms with Gasteiger partial charge < -0.3 is 25.0 Å². The average molecular weight is 456 g/mol. The highest BCUT2D eigenvalue weighted by Gasteiger charge is 2.18. The van der Waals surface area contributed by atoms with E-state index in [1.165, 1.54) is 6.42 Å². The van der Waals surface area contributed by atoms with Gasteiger partial charge in [0.1, 0.15) is 0 Å². The minimum atomic E-state index is -0.0233. The molecule has 32 heavy (non-hydrogen) atoms. The lowest BCUT2D eigenvalue weighted by Gasteiger charge is -2.26. The van der Waals surface area contributed by atoms with Crippen molar-refractivity contribution in [3.05, 3.63) is 53.6 Å². The molecule has 0 spiro atoms. The number of likely N-dealkylation sites (tertiary alicyclic amines) is 1. The number of hydrogen-bond acceptors (Lipinski definition) is 4. The summed E-state index contributed by atoms with van der Waals surface area (Å²) in [5.74, 6) is 1.57. The molecule has 1 amide bonds. The molecule has 172 valence electrons. The molecule has 6 nitrogen and oxygen atoms in total. The minimum absolute atomic E-state index is 0.0233. The Morgan fingerprint density at radius 3 is 2.31 bits per heavy atom. The molecule has 1 fully saturated rings. The Morgan fingerprint density at radius 1 is 1.00 bits per heavy atom. The van der Waals surface area contributed by atoms with Crippen LogP contribution >= 0.6 is 12.2 Å². The number of thiocarbonyl (C=S) groups is 1. The summed E-state index contributed by atoms with van der Waals surface area (Å²) in [7, 11) is 0. The predicted octanol–water partition coefficient (Wildman–Crippen LogP) is 5.16. The highest BCUT2D eigenvalue weighted by atomic mass is 32.1. The SMILES string of the molecule is CCOc1ccc(C(C)NC(=S)Nc2ccc(C(=O)N3CCCCC3)cc2)cc1OCC. The van der Waals surface area contributed by atoms with E-state index in [0.717, 1.165) is 48.7 Å². The molecule has 0 bridgehead atoms. The van der Waals surface area contributed by atoms with Crippen LogP contribution in [-0.4, -0.2) is 42.2 Å². The van der Waals surface area contributed by atoms with Gasteiger partial charge in [-0.15, -0.1) is 0 Å². The molecule has 1 saturated heterocycles. The summed E-state index contributed by atoms with van der Waals surface area (Å²) in [6.45, 7) is 8.80. The molecule has 2 aromatic carbocycles. The number of piperidine rings is 1. The first-order chi connectivity index (χ1) is 15.5. The molecule has 1 atom stereocenters. The second-order valence-corrected chi connectivity index (χ2v) is 8.23. The summed E-state index contributed by atoms with van der Waals surface area (Å²) in [5.41, 5.74) is 2.60. The van der Waals surface area contributed by atoms with Crippen LogP contribution in [-0.2, 0) is 0 Å². The van der Waals surface area contributed by atoms with Crippen LogP contribution in [0, 0.1) is 0 Å². The van der Waals surface area contributed by atoms with Crippen molar-refractivity contribution < 1.29 is 14.3 Å². The lowest BCUT2D eigenvalue weighted by molar-refractivity contribution is 0.0724. The Kier molecular flexibility index (Phi) is 8.73. The predicted molar refractivity (Wildman–Crippen MR) is 133 cm³/mol. The number of benzene rings is 2. The molecular formula is C25H33N3O3S. The Morgan fingerprint density at radius 2 is 1.66 bits per heavy atom. The van der Waals surface area contributed by atoms with Gasteiger partial charge in [0.05, 0.1) is 19.3 Å². The monoisotopic (exact) mass is 455 g/mol. The quantitative estimate of drug-likeness (QED) is 0.536. The van der Waals surface area contributed by atoms with Crippen molar-refractivity contribution in [1.82, 2.24) is 10.2 Å². The topological polar surface area (TPSA) is 62.8 Å². The Balaban J connectivity index is 1.58. The van der Waals surface area contributed by atoms with E-state index in [2.05, 4.69) is 10.6 Å². The summed E-state index contributed by atoms with van der Waals surface area (Å²) >= 11 is 5.50. The molecule has 1 aliphatic heterocycles. The van der Waals surface area contributed by atoms with Gasteiger partial charge in [0.25, 0.3) is 5.91 Å². The molecule has 7 heteroatoms. The molecule has 0 saturated carbocycles. The third-order valence-corrected chi connectivity index (χ3v) is 5.67. The highest BCUT2D eigenvalue weighted by Crippen LogP contribution is 2.30. The van der Waals surface area contributed by atoms with Crippen LogP contribution in [0.5, 0.6) is 11.5 Å². The maximum atomic E-state index is 12.6. The summed E-state index contributed by atoms with van der Waals surface area (Å²) in [4.78, 5) is 14.6. The standard InChI is InChI=1S/C25H33N3O3S/c1-4-30-22-14-11-20(17-23(22)31-5-2)18(3)26-25(32)27-21-12-9-19(10-13-21)24(29)28-15-7-6-8-16-28/h9-14,17-18H,4-8,15-16H2,1-3H3,(H2,26,27,32). The Labute approximate surface area is 196 Å². The highest BCUT2D eigenvalue weighted by molar-refractivity contribution is 7.80. The van der Waals surface area contributed by atoms with Crippen LogP contribution in [0.1, 0.15) is 62.0 Å². The van der Waals surface area contributed by atoms with Gasteiger partial charge in [-0.3, -0.25) is 4.79 Å². The fourth-order valence-corrected chi connectivity index (χ4v) is 4.05. The third-order valence-electron chi connectivity index (χ3n) is 5.45. The summed E-state index contributed by atoms with van der Waals surface area (Å²) < 4.78 is 11.4. The molecule has 3 rings (SSSR count). The van der Waals surface area contributed by atoms with E-state index in [4.69, 9.17) is 21.7 Å².